The maximum Gasteiger partial charge on any atom is 0.103 e. The Bertz CT molecular complexity index is 507. The van der Waals surface area contributed by atoms with Gasteiger partial charge in [0.25, 0.3) is 0 Å². The number of nitrogens with zero attached hydrogens (tertiary/aromatic N) is 1. The van der Waals surface area contributed by atoms with Crippen LogP contribution in [0, 0.1) is 6.92 Å². The summed E-state index contributed by atoms with van der Waals surface area (Å²) in [7, 11) is 0. The fourth-order valence-corrected chi connectivity index (χ4v) is 2.21. The maximum absolute atomic E-state index is 6.02. The molecule has 1 heterocycles. The van der Waals surface area contributed by atoms with Crippen LogP contribution in [-0.2, 0) is 6.54 Å². The molecule has 1 aromatic carbocycles. The van der Waals surface area contributed by atoms with Gasteiger partial charge >= 0.3 is 0 Å². The number of aromatic nitrogens is 2. The summed E-state index contributed by atoms with van der Waals surface area (Å²) < 4.78 is 0. The number of benzene rings is 1. The van der Waals surface area contributed by atoms with Crippen LogP contribution in [0.2, 0.25) is 5.02 Å². The Kier molecular flexibility index (Phi) is 4.39. The third-order valence-electron chi connectivity index (χ3n) is 2.95. The summed E-state index contributed by atoms with van der Waals surface area (Å²) in [5, 5.41) is 4.30. The van der Waals surface area contributed by atoms with Gasteiger partial charge in [0.15, 0.2) is 0 Å². The van der Waals surface area contributed by atoms with Crippen molar-refractivity contribution in [2.45, 2.75) is 32.9 Å². The third-order valence-corrected chi connectivity index (χ3v) is 3.19. The van der Waals surface area contributed by atoms with Crippen molar-refractivity contribution in [1.82, 2.24) is 15.3 Å². The highest BCUT2D eigenvalue weighted by molar-refractivity contribution is 6.30. The molecule has 0 bridgehead atoms. The van der Waals surface area contributed by atoms with Crippen molar-refractivity contribution in [3.05, 3.63) is 52.6 Å². The highest BCUT2D eigenvalue weighted by atomic mass is 35.5. The van der Waals surface area contributed by atoms with Gasteiger partial charge in [0.2, 0.25) is 0 Å². The minimum atomic E-state index is 0.312. The highest BCUT2D eigenvalue weighted by Gasteiger charge is 2.09. The van der Waals surface area contributed by atoms with E-state index >= 15 is 0 Å². The minimum absolute atomic E-state index is 0.312. The number of aryl methyl sites for hydroxylation is 1. The second-order valence-electron chi connectivity index (χ2n) is 4.39. The topological polar surface area (TPSA) is 40.7 Å². The maximum atomic E-state index is 6.02. The molecule has 2 rings (SSSR count). The smallest absolute Gasteiger partial charge is 0.103 e. The molecule has 1 unspecified atom stereocenters. The molecule has 0 spiro atoms. The van der Waals surface area contributed by atoms with Crippen LogP contribution in [0.25, 0.3) is 0 Å². The fourth-order valence-electron chi connectivity index (χ4n) is 2.02. The molecule has 2 N–H and O–H groups in total. The van der Waals surface area contributed by atoms with Crippen molar-refractivity contribution in [3.63, 3.8) is 0 Å². The van der Waals surface area contributed by atoms with Crippen molar-refractivity contribution in [2.75, 3.05) is 0 Å². The van der Waals surface area contributed by atoms with Crippen molar-refractivity contribution in [1.29, 1.82) is 0 Å². The number of hydrogen-bond donors (Lipinski definition) is 2. The predicted molar refractivity (Wildman–Crippen MR) is 74.6 cm³/mol. The van der Waals surface area contributed by atoms with Crippen molar-refractivity contribution in [2.24, 2.45) is 0 Å². The van der Waals surface area contributed by atoms with E-state index in [4.69, 9.17) is 11.6 Å². The van der Waals surface area contributed by atoms with Gasteiger partial charge in [-0.3, -0.25) is 0 Å². The summed E-state index contributed by atoms with van der Waals surface area (Å²) in [6, 6.07) is 8.32. The SMILES string of the molecule is CCC(NCc1cnc(C)[nH]1)c1cccc(Cl)c1. The van der Waals surface area contributed by atoms with Crippen LogP contribution in [0.1, 0.15) is 36.5 Å². The van der Waals surface area contributed by atoms with Crippen LogP contribution in [0.5, 0.6) is 0 Å². The lowest BCUT2D eigenvalue weighted by Crippen LogP contribution is -2.20. The van der Waals surface area contributed by atoms with E-state index in [2.05, 4.69) is 28.3 Å². The quantitative estimate of drug-likeness (QED) is 0.865. The molecule has 0 aliphatic rings. The lowest BCUT2D eigenvalue weighted by molar-refractivity contribution is 0.515. The second kappa shape index (κ2) is 6.03. The Labute approximate surface area is 113 Å². The molecule has 96 valence electrons. The van der Waals surface area contributed by atoms with Crippen molar-refractivity contribution >= 4 is 11.6 Å². The normalized spacial score (nSPS) is 12.6. The fraction of sp³-hybridized carbons (Fsp3) is 0.357. The molecule has 0 saturated heterocycles. The van der Waals surface area contributed by atoms with E-state index in [0.717, 1.165) is 29.5 Å². The van der Waals surface area contributed by atoms with E-state index < -0.39 is 0 Å². The van der Waals surface area contributed by atoms with Gasteiger partial charge in [0.1, 0.15) is 5.82 Å². The summed E-state index contributed by atoms with van der Waals surface area (Å²) in [5.74, 6) is 0.947. The van der Waals surface area contributed by atoms with Gasteiger partial charge in [-0.1, -0.05) is 30.7 Å². The van der Waals surface area contributed by atoms with Gasteiger partial charge in [0.05, 0.1) is 0 Å². The Morgan fingerprint density at radius 1 is 1.44 bits per heavy atom. The average molecular weight is 264 g/mol. The van der Waals surface area contributed by atoms with Crippen LogP contribution >= 0.6 is 11.6 Å². The summed E-state index contributed by atoms with van der Waals surface area (Å²) >= 11 is 6.02. The number of rotatable bonds is 5. The second-order valence-corrected chi connectivity index (χ2v) is 4.83. The molecule has 0 radical (unpaired) electrons. The Morgan fingerprint density at radius 3 is 2.89 bits per heavy atom. The molecule has 0 aliphatic heterocycles. The first-order chi connectivity index (χ1) is 8.69. The monoisotopic (exact) mass is 263 g/mol. The first kappa shape index (κ1) is 13.1. The Hall–Kier alpha value is -1.32. The summed E-state index contributed by atoms with van der Waals surface area (Å²) in [6.07, 6.45) is 2.89. The average Bonchev–Trinajstić information content (AvgIpc) is 2.76. The van der Waals surface area contributed by atoms with Crippen LogP contribution in [0.4, 0.5) is 0 Å². The third kappa shape index (κ3) is 3.34. The molecule has 1 atom stereocenters. The number of imidazole rings is 1. The van der Waals surface area contributed by atoms with E-state index in [-0.39, 0.29) is 0 Å². The van der Waals surface area contributed by atoms with Crippen LogP contribution in [-0.4, -0.2) is 9.97 Å². The highest BCUT2D eigenvalue weighted by Crippen LogP contribution is 2.20. The number of aromatic amines is 1. The van der Waals surface area contributed by atoms with E-state index in [1.54, 1.807) is 0 Å². The number of hydrogen-bond acceptors (Lipinski definition) is 2. The van der Waals surface area contributed by atoms with E-state index in [9.17, 15) is 0 Å². The summed E-state index contributed by atoms with van der Waals surface area (Å²) in [4.78, 5) is 7.41. The molecular weight excluding hydrogens is 246 g/mol. The number of H-pyrrole nitrogens is 1. The molecule has 1 aromatic heterocycles. The predicted octanol–water partition coefficient (Wildman–Crippen LogP) is 3.61. The van der Waals surface area contributed by atoms with Crippen LogP contribution in [0.15, 0.2) is 30.5 Å². The van der Waals surface area contributed by atoms with Gasteiger partial charge in [-0.05, 0) is 31.0 Å². The minimum Gasteiger partial charge on any atom is -0.345 e. The first-order valence-corrected chi connectivity index (χ1v) is 6.56. The van der Waals surface area contributed by atoms with Gasteiger partial charge in [-0.15, -0.1) is 0 Å². The largest absolute Gasteiger partial charge is 0.345 e. The molecule has 4 heteroatoms. The zero-order valence-electron chi connectivity index (χ0n) is 10.7. The zero-order valence-corrected chi connectivity index (χ0v) is 11.5. The lowest BCUT2D eigenvalue weighted by Gasteiger charge is -2.17. The molecule has 18 heavy (non-hydrogen) atoms. The number of halogens is 1. The first-order valence-electron chi connectivity index (χ1n) is 6.18. The summed E-state index contributed by atoms with van der Waals surface area (Å²) in [5.41, 5.74) is 2.33. The van der Waals surface area contributed by atoms with Crippen molar-refractivity contribution in [3.8, 4) is 0 Å². The molecule has 0 amide bonds. The zero-order chi connectivity index (χ0) is 13.0. The standard InChI is InChI=1S/C14H18ClN3/c1-3-14(11-5-4-6-12(15)7-11)17-9-13-8-16-10(2)18-13/h4-8,14,17H,3,9H2,1-2H3,(H,16,18). The molecular formula is C14H18ClN3. The van der Waals surface area contributed by atoms with Gasteiger partial charge in [-0.25, -0.2) is 4.98 Å². The molecule has 2 aromatic rings. The van der Waals surface area contributed by atoms with Gasteiger partial charge in [-0.2, -0.15) is 0 Å². The van der Waals surface area contributed by atoms with Crippen molar-refractivity contribution < 1.29 is 0 Å². The molecule has 0 aliphatic carbocycles. The van der Waals surface area contributed by atoms with E-state index in [1.165, 1.54) is 5.56 Å². The van der Waals surface area contributed by atoms with Crippen LogP contribution < -0.4 is 5.32 Å². The lowest BCUT2D eigenvalue weighted by atomic mass is 10.0. The van der Waals surface area contributed by atoms with Gasteiger partial charge in [0, 0.05) is 29.5 Å². The van der Waals surface area contributed by atoms with Crippen LogP contribution in [0.3, 0.4) is 0 Å². The summed E-state index contributed by atoms with van der Waals surface area (Å²) in [6.45, 7) is 4.90. The Balaban J connectivity index is 2.01. The van der Waals surface area contributed by atoms with E-state index in [1.807, 2.05) is 31.3 Å². The Morgan fingerprint density at radius 2 is 2.28 bits per heavy atom. The van der Waals surface area contributed by atoms with Gasteiger partial charge < -0.3 is 10.3 Å². The van der Waals surface area contributed by atoms with E-state index in [0.29, 0.717) is 6.04 Å². The number of nitrogens with one attached hydrogen (secondary N) is 2. The molecule has 0 fully saturated rings. The molecule has 0 saturated carbocycles. The molecule has 3 nitrogen and oxygen atoms in total.